The first-order valence-electron chi connectivity index (χ1n) is 6.87. The molecule has 0 aliphatic heterocycles. The van der Waals surface area contributed by atoms with Gasteiger partial charge in [0.1, 0.15) is 0 Å². The zero-order valence-electron chi connectivity index (χ0n) is 12.2. The summed E-state index contributed by atoms with van der Waals surface area (Å²) in [7, 11) is 0. The number of aryl methyl sites for hydroxylation is 1. The van der Waals surface area contributed by atoms with E-state index in [1.165, 1.54) is 11.1 Å². The molecule has 0 aliphatic rings. The van der Waals surface area contributed by atoms with Crippen molar-refractivity contribution in [1.82, 2.24) is 10.6 Å². The molecule has 1 rings (SSSR count). The number of benzene rings is 1. The Labute approximate surface area is 116 Å². The van der Waals surface area contributed by atoms with E-state index in [9.17, 15) is 0 Å². The van der Waals surface area contributed by atoms with Gasteiger partial charge in [-0.3, -0.25) is 4.99 Å². The van der Waals surface area contributed by atoms with Crippen molar-refractivity contribution in [2.24, 2.45) is 4.99 Å². The molecule has 104 valence electrons. The summed E-state index contributed by atoms with van der Waals surface area (Å²) in [4.78, 5) is 4.60. The van der Waals surface area contributed by atoms with Crippen LogP contribution < -0.4 is 10.6 Å². The highest BCUT2D eigenvalue weighted by atomic mass is 15.2. The van der Waals surface area contributed by atoms with E-state index in [1.54, 1.807) is 0 Å². The summed E-state index contributed by atoms with van der Waals surface area (Å²) in [5.41, 5.74) is 2.62. The van der Waals surface area contributed by atoms with E-state index in [4.69, 9.17) is 0 Å². The van der Waals surface area contributed by atoms with E-state index < -0.39 is 0 Å². The number of hydrogen-bond donors (Lipinski definition) is 2. The van der Waals surface area contributed by atoms with Crippen molar-refractivity contribution in [3.05, 3.63) is 48.0 Å². The van der Waals surface area contributed by atoms with E-state index in [0.717, 1.165) is 25.6 Å². The molecule has 3 heteroatoms. The Morgan fingerprint density at radius 1 is 1.32 bits per heavy atom. The van der Waals surface area contributed by atoms with Gasteiger partial charge in [-0.05, 0) is 19.4 Å². The molecule has 0 saturated carbocycles. The van der Waals surface area contributed by atoms with Crippen LogP contribution in [0.1, 0.15) is 30.9 Å². The normalized spacial score (nSPS) is 12.9. The summed E-state index contributed by atoms with van der Waals surface area (Å²) in [5.74, 6) is 1.26. The fraction of sp³-hybridized carbons (Fsp3) is 0.438. The summed E-state index contributed by atoms with van der Waals surface area (Å²) in [5, 5.41) is 6.43. The summed E-state index contributed by atoms with van der Waals surface area (Å²) in [6.07, 6.45) is 1.83. The van der Waals surface area contributed by atoms with Crippen molar-refractivity contribution in [1.29, 1.82) is 0 Å². The number of aliphatic imine (C=N–C) groups is 1. The molecular weight excluding hydrogens is 234 g/mol. The molecule has 0 fully saturated rings. The lowest BCUT2D eigenvalue weighted by Gasteiger charge is -2.13. The summed E-state index contributed by atoms with van der Waals surface area (Å²) in [6.45, 7) is 12.4. The zero-order chi connectivity index (χ0) is 14.1. The molecule has 0 heterocycles. The van der Waals surface area contributed by atoms with Crippen LogP contribution in [-0.4, -0.2) is 25.6 Å². The lowest BCUT2D eigenvalue weighted by Crippen LogP contribution is -2.37. The average Bonchev–Trinajstić information content (AvgIpc) is 2.42. The smallest absolute Gasteiger partial charge is 0.191 e. The molecule has 0 radical (unpaired) electrons. The maximum Gasteiger partial charge on any atom is 0.191 e. The zero-order valence-corrected chi connectivity index (χ0v) is 12.2. The Morgan fingerprint density at radius 3 is 2.58 bits per heavy atom. The van der Waals surface area contributed by atoms with Gasteiger partial charge >= 0.3 is 0 Å². The predicted octanol–water partition coefficient (Wildman–Crippen LogP) is 2.84. The highest BCUT2D eigenvalue weighted by Gasteiger charge is 2.05. The van der Waals surface area contributed by atoms with Crippen LogP contribution in [0.25, 0.3) is 0 Å². The van der Waals surface area contributed by atoms with Crippen LogP contribution in [0, 0.1) is 6.92 Å². The van der Waals surface area contributed by atoms with Crippen LogP contribution in [0.2, 0.25) is 0 Å². The Kier molecular flexibility index (Phi) is 6.72. The monoisotopic (exact) mass is 259 g/mol. The second kappa shape index (κ2) is 8.35. The van der Waals surface area contributed by atoms with Crippen molar-refractivity contribution < 1.29 is 0 Å². The summed E-state index contributed by atoms with van der Waals surface area (Å²) in [6, 6.07) is 8.66. The molecule has 1 atom stereocenters. The minimum atomic E-state index is 0.416. The SMILES string of the molecule is C=CCNC(=NCC(C)c1ccc(C)cc1)NCC. The molecule has 0 saturated heterocycles. The molecule has 0 aromatic heterocycles. The van der Waals surface area contributed by atoms with Gasteiger partial charge < -0.3 is 10.6 Å². The first-order valence-corrected chi connectivity index (χ1v) is 6.87. The molecular formula is C16H25N3. The van der Waals surface area contributed by atoms with Gasteiger partial charge in [-0.1, -0.05) is 42.8 Å². The third-order valence-electron chi connectivity index (χ3n) is 2.93. The van der Waals surface area contributed by atoms with E-state index in [-0.39, 0.29) is 0 Å². The lowest BCUT2D eigenvalue weighted by molar-refractivity contribution is 0.756. The molecule has 0 amide bonds. The first-order chi connectivity index (χ1) is 9.17. The van der Waals surface area contributed by atoms with Gasteiger partial charge in [-0.25, -0.2) is 0 Å². The first kappa shape index (κ1) is 15.3. The molecule has 1 aromatic rings. The highest BCUT2D eigenvalue weighted by Crippen LogP contribution is 2.15. The number of guanidine groups is 1. The van der Waals surface area contributed by atoms with Gasteiger partial charge in [-0.15, -0.1) is 6.58 Å². The standard InChI is InChI=1S/C16H25N3/c1-5-11-18-16(17-6-2)19-12-14(4)15-9-7-13(3)8-10-15/h5,7-10,14H,1,6,11-12H2,2-4H3,(H2,17,18,19). The van der Waals surface area contributed by atoms with Crippen LogP contribution in [0.5, 0.6) is 0 Å². The maximum atomic E-state index is 4.60. The van der Waals surface area contributed by atoms with Crippen molar-refractivity contribution in [2.45, 2.75) is 26.7 Å². The van der Waals surface area contributed by atoms with Crippen molar-refractivity contribution in [3.63, 3.8) is 0 Å². The van der Waals surface area contributed by atoms with Crippen molar-refractivity contribution >= 4 is 5.96 Å². The quantitative estimate of drug-likeness (QED) is 0.468. The fourth-order valence-corrected chi connectivity index (χ4v) is 1.74. The van der Waals surface area contributed by atoms with Gasteiger partial charge in [0.05, 0.1) is 0 Å². The maximum absolute atomic E-state index is 4.60. The van der Waals surface area contributed by atoms with Gasteiger partial charge in [0.15, 0.2) is 5.96 Å². The van der Waals surface area contributed by atoms with Gasteiger partial charge in [0.25, 0.3) is 0 Å². The third kappa shape index (κ3) is 5.60. The van der Waals surface area contributed by atoms with Crippen molar-refractivity contribution in [2.75, 3.05) is 19.6 Å². The minimum Gasteiger partial charge on any atom is -0.357 e. The number of nitrogens with zero attached hydrogens (tertiary/aromatic N) is 1. The average molecular weight is 259 g/mol. The Hall–Kier alpha value is -1.77. The van der Waals surface area contributed by atoms with Crippen LogP contribution in [-0.2, 0) is 0 Å². The van der Waals surface area contributed by atoms with E-state index >= 15 is 0 Å². The molecule has 0 bridgehead atoms. The molecule has 0 spiro atoms. The predicted molar refractivity (Wildman–Crippen MR) is 83.8 cm³/mol. The molecule has 3 nitrogen and oxygen atoms in total. The van der Waals surface area contributed by atoms with Crippen LogP contribution >= 0.6 is 0 Å². The van der Waals surface area contributed by atoms with Crippen molar-refractivity contribution in [3.8, 4) is 0 Å². The second-order valence-electron chi connectivity index (χ2n) is 4.70. The topological polar surface area (TPSA) is 36.4 Å². The number of hydrogen-bond acceptors (Lipinski definition) is 1. The van der Waals surface area contributed by atoms with Crippen LogP contribution in [0.3, 0.4) is 0 Å². The number of nitrogens with one attached hydrogen (secondary N) is 2. The van der Waals surface area contributed by atoms with E-state index in [2.05, 4.69) is 67.2 Å². The van der Waals surface area contributed by atoms with E-state index in [0.29, 0.717) is 5.92 Å². The van der Waals surface area contributed by atoms with Crippen LogP contribution in [0.4, 0.5) is 0 Å². The Bertz CT molecular complexity index is 407. The van der Waals surface area contributed by atoms with Gasteiger partial charge in [0.2, 0.25) is 0 Å². The largest absolute Gasteiger partial charge is 0.357 e. The third-order valence-corrected chi connectivity index (χ3v) is 2.93. The Morgan fingerprint density at radius 2 is 2.00 bits per heavy atom. The second-order valence-corrected chi connectivity index (χ2v) is 4.70. The molecule has 1 aromatic carbocycles. The van der Waals surface area contributed by atoms with Gasteiger partial charge in [-0.2, -0.15) is 0 Å². The van der Waals surface area contributed by atoms with Crippen LogP contribution in [0.15, 0.2) is 41.9 Å². The summed E-state index contributed by atoms with van der Waals surface area (Å²) >= 11 is 0. The molecule has 19 heavy (non-hydrogen) atoms. The highest BCUT2D eigenvalue weighted by molar-refractivity contribution is 5.79. The molecule has 2 N–H and O–H groups in total. The lowest BCUT2D eigenvalue weighted by atomic mass is 10.0. The summed E-state index contributed by atoms with van der Waals surface area (Å²) < 4.78 is 0. The number of rotatable bonds is 6. The molecule has 1 unspecified atom stereocenters. The molecule has 0 aliphatic carbocycles. The fourth-order valence-electron chi connectivity index (χ4n) is 1.74. The van der Waals surface area contributed by atoms with Gasteiger partial charge in [0, 0.05) is 25.6 Å². The van der Waals surface area contributed by atoms with E-state index in [1.807, 2.05) is 6.08 Å². The minimum absolute atomic E-state index is 0.416. The Balaban J connectivity index is 2.60.